The summed E-state index contributed by atoms with van der Waals surface area (Å²) >= 11 is 0. The van der Waals surface area contributed by atoms with Crippen molar-refractivity contribution in [1.29, 1.82) is 0 Å². The summed E-state index contributed by atoms with van der Waals surface area (Å²) in [6.07, 6.45) is -3.06. The molecule has 0 fully saturated rings. The van der Waals surface area contributed by atoms with Gasteiger partial charge in [0.25, 0.3) is 5.91 Å². The van der Waals surface area contributed by atoms with Crippen molar-refractivity contribution in [1.82, 2.24) is 10.3 Å². The normalized spacial score (nSPS) is 14.0. The molecule has 0 radical (unpaired) electrons. The summed E-state index contributed by atoms with van der Waals surface area (Å²) in [7, 11) is 0. The quantitative estimate of drug-likeness (QED) is 0.609. The highest BCUT2D eigenvalue weighted by molar-refractivity contribution is 6.01. The second kappa shape index (κ2) is 7.82. The molecule has 0 saturated carbocycles. The molecule has 2 N–H and O–H groups in total. The minimum Gasteiger partial charge on any atom is -0.339 e. The van der Waals surface area contributed by atoms with E-state index in [4.69, 9.17) is 0 Å². The van der Waals surface area contributed by atoms with Gasteiger partial charge in [-0.2, -0.15) is 13.2 Å². The SMILES string of the molecule is O=C1Cc2cc(C(=O)NC(c3ccc(C(F)(F)F)cc3)c3ncccc3F)ccc2N1. The summed E-state index contributed by atoms with van der Waals surface area (Å²) in [4.78, 5) is 28.4. The number of carbonyl (C=O) groups is 2. The van der Waals surface area contributed by atoms with Crippen LogP contribution in [0.5, 0.6) is 0 Å². The molecule has 1 atom stereocenters. The van der Waals surface area contributed by atoms with Crippen LogP contribution in [0.4, 0.5) is 23.2 Å². The Kier molecular flexibility index (Phi) is 5.18. The third-order valence-corrected chi connectivity index (χ3v) is 4.90. The predicted octanol–water partition coefficient (Wildman–Crippen LogP) is 4.25. The first-order valence-electron chi connectivity index (χ1n) is 9.23. The van der Waals surface area contributed by atoms with Crippen molar-refractivity contribution in [3.05, 3.63) is 94.6 Å². The highest BCUT2D eigenvalue weighted by atomic mass is 19.4. The molecular weight excluding hydrogens is 414 g/mol. The van der Waals surface area contributed by atoms with Gasteiger partial charge < -0.3 is 10.6 Å². The number of carbonyl (C=O) groups excluding carboxylic acids is 2. The van der Waals surface area contributed by atoms with Crippen LogP contribution in [0, 0.1) is 5.82 Å². The third-order valence-electron chi connectivity index (χ3n) is 4.90. The van der Waals surface area contributed by atoms with Crippen LogP contribution in [-0.4, -0.2) is 16.8 Å². The molecule has 2 amide bonds. The zero-order valence-electron chi connectivity index (χ0n) is 15.8. The van der Waals surface area contributed by atoms with Gasteiger partial charge in [-0.3, -0.25) is 14.6 Å². The fourth-order valence-electron chi connectivity index (χ4n) is 3.37. The summed E-state index contributed by atoms with van der Waals surface area (Å²) in [5.41, 5.74) is 0.719. The molecule has 0 aliphatic carbocycles. The highest BCUT2D eigenvalue weighted by Gasteiger charge is 2.31. The lowest BCUT2D eigenvalue weighted by atomic mass is 10.00. The van der Waals surface area contributed by atoms with Crippen molar-refractivity contribution < 1.29 is 27.2 Å². The Labute approximate surface area is 174 Å². The van der Waals surface area contributed by atoms with Gasteiger partial charge in [0.15, 0.2) is 0 Å². The maximum Gasteiger partial charge on any atom is 0.416 e. The summed E-state index contributed by atoms with van der Waals surface area (Å²) in [6, 6.07) is 10.1. The largest absolute Gasteiger partial charge is 0.416 e. The van der Waals surface area contributed by atoms with Crippen molar-refractivity contribution in [2.45, 2.75) is 18.6 Å². The average molecular weight is 429 g/mol. The first-order valence-corrected chi connectivity index (χ1v) is 9.23. The van der Waals surface area contributed by atoms with Crippen LogP contribution >= 0.6 is 0 Å². The Bertz CT molecular complexity index is 1160. The Morgan fingerprint density at radius 1 is 1.10 bits per heavy atom. The lowest BCUT2D eigenvalue weighted by molar-refractivity contribution is -0.137. The van der Waals surface area contributed by atoms with Gasteiger partial charge in [-0.1, -0.05) is 12.1 Å². The number of fused-ring (bicyclic) bond motifs is 1. The Morgan fingerprint density at radius 2 is 1.84 bits per heavy atom. The molecule has 1 aliphatic heterocycles. The molecule has 9 heteroatoms. The zero-order chi connectivity index (χ0) is 22.2. The summed E-state index contributed by atoms with van der Waals surface area (Å²) < 4.78 is 53.1. The summed E-state index contributed by atoms with van der Waals surface area (Å²) in [6.45, 7) is 0. The van der Waals surface area contributed by atoms with Crippen LogP contribution in [0.2, 0.25) is 0 Å². The van der Waals surface area contributed by atoms with E-state index in [9.17, 15) is 27.2 Å². The molecule has 2 heterocycles. The van der Waals surface area contributed by atoms with E-state index < -0.39 is 29.5 Å². The van der Waals surface area contributed by atoms with Crippen LogP contribution in [0.15, 0.2) is 60.8 Å². The van der Waals surface area contributed by atoms with Crippen molar-refractivity contribution >= 4 is 17.5 Å². The number of halogens is 4. The van der Waals surface area contributed by atoms with E-state index in [1.165, 1.54) is 30.5 Å². The Hall–Kier alpha value is -3.75. The van der Waals surface area contributed by atoms with Gasteiger partial charge in [0.1, 0.15) is 11.5 Å². The highest BCUT2D eigenvalue weighted by Crippen LogP contribution is 2.31. The van der Waals surface area contributed by atoms with Gasteiger partial charge in [-0.25, -0.2) is 4.39 Å². The number of nitrogens with zero attached hydrogens (tertiary/aromatic N) is 1. The van der Waals surface area contributed by atoms with Crippen molar-refractivity contribution in [2.75, 3.05) is 5.32 Å². The number of pyridine rings is 1. The van der Waals surface area contributed by atoms with Crippen LogP contribution < -0.4 is 10.6 Å². The molecule has 3 aromatic rings. The molecular formula is C22H15F4N3O2. The zero-order valence-corrected chi connectivity index (χ0v) is 15.8. The molecule has 4 rings (SSSR count). The van der Waals surface area contributed by atoms with E-state index >= 15 is 0 Å². The molecule has 0 spiro atoms. The maximum absolute atomic E-state index is 14.4. The van der Waals surface area contributed by atoms with Crippen LogP contribution in [0.3, 0.4) is 0 Å². The minimum absolute atomic E-state index is 0.131. The molecule has 2 aromatic carbocycles. The van der Waals surface area contributed by atoms with E-state index in [-0.39, 0.29) is 29.1 Å². The predicted molar refractivity (Wildman–Crippen MR) is 104 cm³/mol. The number of anilines is 1. The molecule has 0 bridgehead atoms. The monoisotopic (exact) mass is 429 g/mol. The van der Waals surface area contributed by atoms with Gasteiger partial charge in [-0.15, -0.1) is 0 Å². The van der Waals surface area contributed by atoms with E-state index in [1.54, 1.807) is 12.1 Å². The average Bonchev–Trinajstić information content (AvgIpc) is 3.11. The van der Waals surface area contributed by atoms with Gasteiger partial charge in [-0.05, 0) is 53.6 Å². The van der Waals surface area contributed by atoms with Crippen molar-refractivity contribution in [3.8, 4) is 0 Å². The molecule has 0 saturated heterocycles. The number of hydrogen-bond acceptors (Lipinski definition) is 3. The first kappa shape index (κ1) is 20.5. The number of hydrogen-bond donors (Lipinski definition) is 2. The molecule has 1 aromatic heterocycles. The first-order chi connectivity index (χ1) is 14.7. The lowest BCUT2D eigenvalue weighted by Gasteiger charge is -2.20. The van der Waals surface area contributed by atoms with Gasteiger partial charge >= 0.3 is 6.18 Å². The third kappa shape index (κ3) is 4.25. The fourth-order valence-corrected chi connectivity index (χ4v) is 3.37. The van der Waals surface area contributed by atoms with E-state index in [0.717, 1.165) is 18.2 Å². The molecule has 158 valence electrons. The standard InChI is InChI=1S/C22H15F4N3O2/c23-16-2-1-9-27-20(16)19(12-3-6-15(7-4-12)22(24,25)26)29-21(31)13-5-8-17-14(10-13)11-18(30)28-17/h1-10,19H,11H2,(H,28,30)(H,29,31). The summed E-state index contributed by atoms with van der Waals surface area (Å²) in [5, 5.41) is 5.30. The lowest BCUT2D eigenvalue weighted by Crippen LogP contribution is -2.30. The van der Waals surface area contributed by atoms with Gasteiger partial charge in [0.2, 0.25) is 5.91 Å². The van der Waals surface area contributed by atoms with E-state index in [2.05, 4.69) is 15.6 Å². The minimum atomic E-state index is -4.52. The van der Waals surface area contributed by atoms with Crippen LogP contribution in [0.25, 0.3) is 0 Å². The van der Waals surface area contributed by atoms with Crippen molar-refractivity contribution in [3.63, 3.8) is 0 Å². The van der Waals surface area contributed by atoms with Crippen LogP contribution in [0.1, 0.15) is 38.8 Å². The molecule has 1 unspecified atom stereocenters. The molecule has 31 heavy (non-hydrogen) atoms. The van der Waals surface area contributed by atoms with E-state index in [0.29, 0.717) is 11.3 Å². The Morgan fingerprint density at radius 3 is 2.52 bits per heavy atom. The van der Waals surface area contributed by atoms with Crippen LogP contribution in [-0.2, 0) is 17.4 Å². The smallest absolute Gasteiger partial charge is 0.339 e. The topological polar surface area (TPSA) is 71.1 Å². The van der Waals surface area contributed by atoms with E-state index in [1.807, 2.05) is 0 Å². The molecule has 5 nitrogen and oxygen atoms in total. The van der Waals surface area contributed by atoms with Crippen molar-refractivity contribution in [2.24, 2.45) is 0 Å². The fraction of sp³-hybridized carbons (Fsp3) is 0.136. The Balaban J connectivity index is 1.67. The number of aromatic nitrogens is 1. The number of amides is 2. The maximum atomic E-state index is 14.4. The number of rotatable bonds is 4. The second-order valence-corrected chi connectivity index (χ2v) is 6.99. The van der Waals surface area contributed by atoms with Gasteiger partial charge in [0, 0.05) is 17.4 Å². The second-order valence-electron chi connectivity index (χ2n) is 6.99. The number of alkyl halides is 3. The number of nitrogens with one attached hydrogen (secondary N) is 2. The molecule has 1 aliphatic rings. The summed E-state index contributed by atoms with van der Waals surface area (Å²) in [5.74, 6) is -1.49. The number of benzene rings is 2. The van der Waals surface area contributed by atoms with Gasteiger partial charge in [0.05, 0.1) is 18.0 Å².